The zero-order chi connectivity index (χ0) is 9.97. The van der Waals surface area contributed by atoms with Crippen LogP contribution in [0.15, 0.2) is 12.3 Å². The maximum atomic E-state index is 4.52. The number of nitrogens with one attached hydrogen (secondary N) is 1. The van der Waals surface area contributed by atoms with Crippen molar-refractivity contribution in [1.82, 2.24) is 15.1 Å². The van der Waals surface area contributed by atoms with E-state index in [1.807, 2.05) is 17.9 Å². The lowest BCUT2D eigenvalue weighted by molar-refractivity contribution is 0.312. The van der Waals surface area contributed by atoms with Crippen LogP contribution in [0.5, 0.6) is 0 Å². The summed E-state index contributed by atoms with van der Waals surface area (Å²) in [5, 5.41) is 7.98. The summed E-state index contributed by atoms with van der Waals surface area (Å²) in [7, 11) is 1.99. The first kappa shape index (κ1) is 9.71. The van der Waals surface area contributed by atoms with Crippen molar-refractivity contribution in [2.45, 2.75) is 25.7 Å². The average Bonchev–Trinajstić information content (AvgIpc) is 2.65. The summed E-state index contributed by atoms with van der Waals surface area (Å²) in [5.74, 6) is 1.43. The van der Waals surface area contributed by atoms with Crippen molar-refractivity contribution in [2.75, 3.05) is 13.1 Å². The molecule has 1 fully saturated rings. The molecule has 3 nitrogen and oxygen atoms in total. The maximum absolute atomic E-state index is 4.52. The van der Waals surface area contributed by atoms with Gasteiger partial charge in [0, 0.05) is 19.2 Å². The van der Waals surface area contributed by atoms with E-state index in [4.69, 9.17) is 0 Å². The molecule has 1 aromatic heterocycles. The van der Waals surface area contributed by atoms with E-state index in [2.05, 4.69) is 23.4 Å². The Morgan fingerprint density at radius 3 is 3.14 bits per heavy atom. The van der Waals surface area contributed by atoms with Gasteiger partial charge in [0.2, 0.25) is 0 Å². The van der Waals surface area contributed by atoms with Crippen LogP contribution in [0.3, 0.4) is 0 Å². The number of aromatic nitrogens is 2. The molecule has 14 heavy (non-hydrogen) atoms. The summed E-state index contributed by atoms with van der Waals surface area (Å²) in [4.78, 5) is 0. The van der Waals surface area contributed by atoms with Gasteiger partial charge in [0.05, 0.1) is 5.69 Å². The molecule has 0 bridgehead atoms. The Labute approximate surface area is 85.5 Å². The predicted molar refractivity (Wildman–Crippen MR) is 57.2 cm³/mol. The predicted octanol–water partition coefficient (Wildman–Crippen LogP) is 1.52. The van der Waals surface area contributed by atoms with Crippen molar-refractivity contribution >= 4 is 0 Å². The first-order valence-corrected chi connectivity index (χ1v) is 5.51. The number of hydrogen-bond donors (Lipinski definition) is 1. The number of hydrogen-bond acceptors (Lipinski definition) is 2. The molecule has 0 aromatic carbocycles. The summed E-state index contributed by atoms with van der Waals surface area (Å²) in [5.41, 5.74) is 1.28. The second kappa shape index (κ2) is 4.13. The second-order valence-electron chi connectivity index (χ2n) is 4.18. The highest BCUT2D eigenvalue weighted by Gasteiger charge is 2.26. The molecule has 1 N–H and O–H groups in total. The molecular weight excluding hydrogens is 174 g/mol. The normalized spacial score (nSPS) is 27.9. The monoisotopic (exact) mass is 193 g/mol. The molecule has 1 aliphatic rings. The van der Waals surface area contributed by atoms with Crippen molar-refractivity contribution in [2.24, 2.45) is 13.0 Å². The third-order valence-electron chi connectivity index (χ3n) is 3.25. The summed E-state index contributed by atoms with van der Waals surface area (Å²) < 4.78 is 1.91. The quantitative estimate of drug-likeness (QED) is 0.772. The molecule has 0 amide bonds. The first-order valence-electron chi connectivity index (χ1n) is 5.51. The third kappa shape index (κ3) is 1.82. The Hall–Kier alpha value is -0.830. The van der Waals surface area contributed by atoms with Crippen LogP contribution in [0.1, 0.15) is 31.4 Å². The van der Waals surface area contributed by atoms with E-state index >= 15 is 0 Å². The Kier molecular flexibility index (Phi) is 2.87. The van der Waals surface area contributed by atoms with Gasteiger partial charge in [-0.2, -0.15) is 5.10 Å². The van der Waals surface area contributed by atoms with Gasteiger partial charge in [0.25, 0.3) is 0 Å². The van der Waals surface area contributed by atoms with E-state index in [9.17, 15) is 0 Å². The average molecular weight is 193 g/mol. The van der Waals surface area contributed by atoms with E-state index in [1.165, 1.54) is 18.5 Å². The van der Waals surface area contributed by atoms with Gasteiger partial charge in [0.15, 0.2) is 0 Å². The fraction of sp³-hybridized carbons (Fsp3) is 0.727. The van der Waals surface area contributed by atoms with Gasteiger partial charge < -0.3 is 5.32 Å². The molecule has 3 heteroatoms. The molecule has 2 rings (SSSR count). The van der Waals surface area contributed by atoms with E-state index in [1.54, 1.807) is 0 Å². The van der Waals surface area contributed by atoms with Gasteiger partial charge in [0.1, 0.15) is 0 Å². The van der Waals surface area contributed by atoms with Gasteiger partial charge in [-0.05, 0) is 31.5 Å². The largest absolute Gasteiger partial charge is 0.316 e. The lowest BCUT2D eigenvalue weighted by Crippen LogP contribution is -2.35. The van der Waals surface area contributed by atoms with Gasteiger partial charge in [-0.3, -0.25) is 4.68 Å². The zero-order valence-corrected chi connectivity index (χ0v) is 9.03. The number of aryl methyl sites for hydroxylation is 1. The highest BCUT2D eigenvalue weighted by atomic mass is 15.2. The third-order valence-corrected chi connectivity index (χ3v) is 3.25. The van der Waals surface area contributed by atoms with Crippen LogP contribution in [0, 0.1) is 5.92 Å². The summed E-state index contributed by atoms with van der Waals surface area (Å²) in [6.45, 7) is 4.56. The van der Waals surface area contributed by atoms with Crippen molar-refractivity contribution in [3.8, 4) is 0 Å². The molecule has 2 atom stereocenters. The first-order chi connectivity index (χ1) is 6.81. The maximum Gasteiger partial charge on any atom is 0.0659 e. The minimum atomic E-state index is 0.669. The Morgan fingerprint density at radius 2 is 2.50 bits per heavy atom. The fourth-order valence-electron chi connectivity index (χ4n) is 2.37. The highest BCUT2D eigenvalue weighted by molar-refractivity contribution is 5.09. The lowest BCUT2D eigenvalue weighted by Gasteiger charge is -2.30. The molecule has 2 unspecified atom stereocenters. The van der Waals surface area contributed by atoms with Crippen LogP contribution in [0.2, 0.25) is 0 Å². The lowest BCUT2D eigenvalue weighted by atomic mass is 9.82. The summed E-state index contributed by atoms with van der Waals surface area (Å²) >= 11 is 0. The molecule has 1 saturated heterocycles. The van der Waals surface area contributed by atoms with Gasteiger partial charge in [-0.25, -0.2) is 0 Å². The van der Waals surface area contributed by atoms with Gasteiger partial charge >= 0.3 is 0 Å². The van der Waals surface area contributed by atoms with Crippen LogP contribution in [-0.2, 0) is 7.05 Å². The molecule has 1 aromatic rings. The van der Waals surface area contributed by atoms with Crippen molar-refractivity contribution in [3.05, 3.63) is 18.0 Å². The highest BCUT2D eigenvalue weighted by Crippen LogP contribution is 2.30. The molecule has 0 radical (unpaired) electrons. The van der Waals surface area contributed by atoms with Crippen LogP contribution < -0.4 is 5.32 Å². The van der Waals surface area contributed by atoms with Crippen molar-refractivity contribution in [3.63, 3.8) is 0 Å². The van der Waals surface area contributed by atoms with Crippen LogP contribution in [0.4, 0.5) is 0 Å². The van der Waals surface area contributed by atoms with Crippen molar-refractivity contribution in [1.29, 1.82) is 0 Å². The second-order valence-corrected chi connectivity index (χ2v) is 4.18. The SMILES string of the molecule is CCC1CNCCC1c1ccn(C)n1. The zero-order valence-electron chi connectivity index (χ0n) is 9.03. The minimum absolute atomic E-state index is 0.669. The smallest absolute Gasteiger partial charge is 0.0659 e. The Morgan fingerprint density at radius 1 is 1.64 bits per heavy atom. The molecule has 78 valence electrons. The fourth-order valence-corrected chi connectivity index (χ4v) is 2.37. The van der Waals surface area contributed by atoms with E-state index in [0.29, 0.717) is 5.92 Å². The van der Waals surface area contributed by atoms with E-state index in [0.717, 1.165) is 19.0 Å². The summed E-state index contributed by atoms with van der Waals surface area (Å²) in [6, 6.07) is 2.17. The molecule has 0 saturated carbocycles. The van der Waals surface area contributed by atoms with E-state index < -0.39 is 0 Å². The minimum Gasteiger partial charge on any atom is -0.316 e. The molecule has 0 spiro atoms. The van der Waals surface area contributed by atoms with Gasteiger partial charge in [-0.1, -0.05) is 13.3 Å². The standard InChI is InChI=1S/C11H19N3/c1-3-9-8-12-6-4-10(9)11-5-7-14(2)13-11/h5,7,9-10,12H,3-4,6,8H2,1-2H3. The Bertz CT molecular complexity index is 292. The van der Waals surface area contributed by atoms with E-state index in [-0.39, 0.29) is 0 Å². The molecule has 1 aliphatic heterocycles. The van der Waals surface area contributed by atoms with Crippen LogP contribution in [-0.4, -0.2) is 22.9 Å². The molecule has 2 heterocycles. The molecule has 0 aliphatic carbocycles. The number of piperidine rings is 1. The van der Waals surface area contributed by atoms with Gasteiger partial charge in [-0.15, -0.1) is 0 Å². The summed E-state index contributed by atoms with van der Waals surface area (Å²) in [6.07, 6.45) is 4.52. The van der Waals surface area contributed by atoms with Crippen LogP contribution in [0.25, 0.3) is 0 Å². The topological polar surface area (TPSA) is 29.9 Å². The van der Waals surface area contributed by atoms with Crippen LogP contribution >= 0.6 is 0 Å². The number of nitrogens with zero attached hydrogens (tertiary/aromatic N) is 2. The number of rotatable bonds is 2. The molecular formula is C11H19N3. The Balaban J connectivity index is 2.14. The van der Waals surface area contributed by atoms with Crippen molar-refractivity contribution < 1.29 is 0 Å².